The molecule has 3 aromatic rings. The predicted molar refractivity (Wildman–Crippen MR) is 103 cm³/mol. The molecule has 1 fully saturated rings. The summed E-state index contributed by atoms with van der Waals surface area (Å²) in [5, 5.41) is 12.5. The summed E-state index contributed by atoms with van der Waals surface area (Å²) in [5.74, 6) is 0.852. The van der Waals surface area contributed by atoms with E-state index < -0.39 is 11.7 Å². The summed E-state index contributed by atoms with van der Waals surface area (Å²) in [4.78, 5) is 12.2. The molecule has 0 radical (unpaired) electrons. The molecule has 3 aromatic heterocycles. The molecule has 1 aliphatic rings. The molecule has 0 amide bonds. The number of aryl methyl sites for hydroxylation is 1. The third kappa shape index (κ3) is 3.87. The van der Waals surface area contributed by atoms with Gasteiger partial charge in [0.15, 0.2) is 11.5 Å². The van der Waals surface area contributed by atoms with Crippen LogP contribution in [0.3, 0.4) is 0 Å². The van der Waals surface area contributed by atoms with Gasteiger partial charge >= 0.3 is 6.18 Å². The molecule has 0 aromatic carbocycles. The van der Waals surface area contributed by atoms with Gasteiger partial charge in [-0.15, -0.1) is 10.2 Å². The molecule has 0 saturated heterocycles. The van der Waals surface area contributed by atoms with Crippen molar-refractivity contribution >= 4 is 11.4 Å². The van der Waals surface area contributed by atoms with Gasteiger partial charge in [0, 0.05) is 36.5 Å². The summed E-state index contributed by atoms with van der Waals surface area (Å²) in [6.07, 6.45) is -0.413. The second kappa shape index (κ2) is 7.47. The van der Waals surface area contributed by atoms with E-state index in [2.05, 4.69) is 30.3 Å². The number of alkyl halides is 3. The maximum absolute atomic E-state index is 12.7. The van der Waals surface area contributed by atoms with Crippen LogP contribution in [-0.4, -0.2) is 42.0 Å². The summed E-state index contributed by atoms with van der Waals surface area (Å²) >= 11 is 0. The average molecular weight is 416 g/mol. The van der Waals surface area contributed by atoms with Crippen molar-refractivity contribution in [1.29, 1.82) is 0 Å². The number of aliphatic imine (C=N–C) groups is 1. The van der Waals surface area contributed by atoms with Gasteiger partial charge in [-0.2, -0.15) is 22.8 Å². The minimum absolute atomic E-state index is 0.0517. The van der Waals surface area contributed by atoms with E-state index in [1.54, 1.807) is 29.6 Å². The number of rotatable bonds is 5. The number of halogens is 3. The third-order valence-electron chi connectivity index (χ3n) is 4.86. The summed E-state index contributed by atoms with van der Waals surface area (Å²) in [7, 11) is 0. The van der Waals surface area contributed by atoms with Crippen LogP contribution in [0.5, 0.6) is 0 Å². The van der Waals surface area contributed by atoms with Gasteiger partial charge in [-0.25, -0.2) is 9.97 Å². The van der Waals surface area contributed by atoms with Crippen molar-refractivity contribution in [2.75, 3.05) is 6.54 Å². The molecule has 1 aliphatic carbocycles. The largest absolute Gasteiger partial charge is 0.419 e. The first kappa shape index (κ1) is 19.9. The molecule has 1 saturated carbocycles. The lowest BCUT2D eigenvalue weighted by atomic mass is 10.1. The zero-order valence-corrected chi connectivity index (χ0v) is 16.3. The van der Waals surface area contributed by atoms with Gasteiger partial charge in [0.1, 0.15) is 11.5 Å². The van der Waals surface area contributed by atoms with Gasteiger partial charge in [-0.3, -0.25) is 4.99 Å². The SMILES string of the molecule is CCN=C(/C=C(\N)C1CC1c1ncc(C(F)(F)F)cn1)c1ccc2nnc(C)n2n1. The molecule has 4 rings (SSSR count). The Kier molecular flexibility index (Phi) is 4.96. The Morgan fingerprint density at radius 2 is 2.00 bits per heavy atom. The first-order valence-corrected chi connectivity index (χ1v) is 9.38. The minimum atomic E-state index is -4.46. The summed E-state index contributed by atoms with van der Waals surface area (Å²) < 4.78 is 39.7. The van der Waals surface area contributed by atoms with E-state index in [0.29, 0.717) is 47.4 Å². The van der Waals surface area contributed by atoms with Crippen LogP contribution < -0.4 is 5.73 Å². The normalized spacial score (nSPS) is 20.0. The molecule has 8 nitrogen and oxygen atoms in total. The van der Waals surface area contributed by atoms with Gasteiger partial charge in [-0.05, 0) is 38.5 Å². The van der Waals surface area contributed by atoms with Gasteiger partial charge in [0.2, 0.25) is 0 Å². The van der Waals surface area contributed by atoms with Crippen molar-refractivity contribution in [3.05, 3.63) is 59.2 Å². The van der Waals surface area contributed by atoms with Crippen LogP contribution in [0.1, 0.15) is 42.2 Å². The van der Waals surface area contributed by atoms with E-state index in [9.17, 15) is 13.2 Å². The highest BCUT2D eigenvalue weighted by molar-refractivity contribution is 6.07. The molecule has 2 atom stereocenters. The highest BCUT2D eigenvalue weighted by Crippen LogP contribution is 2.49. The van der Waals surface area contributed by atoms with Crippen LogP contribution in [0.25, 0.3) is 5.65 Å². The average Bonchev–Trinajstić information content (AvgIpc) is 3.44. The Bertz CT molecular complexity index is 1130. The molecule has 11 heteroatoms. The molecule has 3 heterocycles. The zero-order valence-electron chi connectivity index (χ0n) is 16.3. The van der Waals surface area contributed by atoms with Crippen molar-refractivity contribution in [3.8, 4) is 0 Å². The van der Waals surface area contributed by atoms with E-state index in [1.807, 2.05) is 6.92 Å². The highest BCUT2D eigenvalue weighted by Gasteiger charge is 2.43. The number of allylic oxidation sites excluding steroid dienone is 2. The minimum Gasteiger partial charge on any atom is -0.402 e. The number of hydrogen-bond acceptors (Lipinski definition) is 7. The maximum Gasteiger partial charge on any atom is 0.419 e. The number of fused-ring (bicyclic) bond motifs is 1. The van der Waals surface area contributed by atoms with Crippen molar-refractivity contribution in [3.63, 3.8) is 0 Å². The van der Waals surface area contributed by atoms with E-state index in [4.69, 9.17) is 5.73 Å². The third-order valence-corrected chi connectivity index (χ3v) is 4.86. The van der Waals surface area contributed by atoms with E-state index in [-0.39, 0.29) is 11.8 Å². The topological polar surface area (TPSA) is 107 Å². The maximum atomic E-state index is 12.7. The molecule has 30 heavy (non-hydrogen) atoms. The first-order valence-electron chi connectivity index (χ1n) is 9.38. The van der Waals surface area contributed by atoms with Crippen molar-refractivity contribution < 1.29 is 13.2 Å². The van der Waals surface area contributed by atoms with E-state index >= 15 is 0 Å². The first-order chi connectivity index (χ1) is 14.3. The monoisotopic (exact) mass is 416 g/mol. The standard InChI is InChI=1S/C19H19F3N8/c1-3-24-16(15-4-5-17-28-27-10(2)30(17)29-15)7-14(23)12-6-13(12)18-25-8-11(9-26-18)19(20,21)22/h4-5,7-9,12-13H,3,6,23H2,1-2H3/b14-7-,24-16?. The van der Waals surface area contributed by atoms with Gasteiger partial charge in [-0.1, -0.05) is 0 Å². The van der Waals surface area contributed by atoms with Crippen molar-refractivity contribution in [1.82, 2.24) is 29.8 Å². The molecular formula is C19H19F3N8. The molecule has 156 valence electrons. The summed E-state index contributed by atoms with van der Waals surface area (Å²) in [6, 6.07) is 3.60. The fourth-order valence-electron chi connectivity index (χ4n) is 3.19. The molecular weight excluding hydrogens is 397 g/mol. The lowest BCUT2D eigenvalue weighted by molar-refractivity contribution is -0.138. The Morgan fingerprint density at radius 1 is 1.27 bits per heavy atom. The lowest BCUT2D eigenvalue weighted by Gasteiger charge is -2.07. The highest BCUT2D eigenvalue weighted by atomic mass is 19.4. The Labute approximate surface area is 169 Å². The van der Waals surface area contributed by atoms with Gasteiger partial charge in [0.25, 0.3) is 0 Å². The molecule has 0 bridgehead atoms. The van der Waals surface area contributed by atoms with Crippen LogP contribution in [0.15, 0.2) is 41.3 Å². The van der Waals surface area contributed by atoms with Crippen LogP contribution >= 0.6 is 0 Å². The molecule has 0 spiro atoms. The zero-order chi connectivity index (χ0) is 21.5. The molecule has 2 N–H and O–H groups in total. The Morgan fingerprint density at radius 3 is 2.67 bits per heavy atom. The van der Waals surface area contributed by atoms with E-state index in [1.165, 1.54) is 0 Å². The number of nitrogens with zero attached hydrogens (tertiary/aromatic N) is 7. The van der Waals surface area contributed by atoms with Crippen LogP contribution in [0.2, 0.25) is 0 Å². The smallest absolute Gasteiger partial charge is 0.402 e. The summed E-state index contributed by atoms with van der Waals surface area (Å²) in [6.45, 7) is 4.25. The van der Waals surface area contributed by atoms with Crippen molar-refractivity contribution in [2.24, 2.45) is 16.6 Å². The van der Waals surface area contributed by atoms with Crippen molar-refractivity contribution in [2.45, 2.75) is 32.4 Å². The van der Waals surface area contributed by atoms with Crippen LogP contribution in [-0.2, 0) is 6.18 Å². The number of hydrogen-bond donors (Lipinski definition) is 1. The predicted octanol–water partition coefficient (Wildman–Crippen LogP) is 2.70. The van der Waals surface area contributed by atoms with Crippen LogP contribution in [0.4, 0.5) is 13.2 Å². The molecule has 2 unspecified atom stereocenters. The van der Waals surface area contributed by atoms with E-state index in [0.717, 1.165) is 12.4 Å². The number of nitrogens with two attached hydrogens (primary N) is 1. The number of aromatic nitrogens is 6. The van der Waals surface area contributed by atoms with Gasteiger partial charge in [0.05, 0.1) is 11.3 Å². The fourth-order valence-corrected chi connectivity index (χ4v) is 3.19. The lowest BCUT2D eigenvalue weighted by Crippen LogP contribution is -2.11. The quantitative estimate of drug-likeness (QED) is 0.641. The van der Waals surface area contributed by atoms with Gasteiger partial charge < -0.3 is 5.73 Å². The second-order valence-corrected chi connectivity index (χ2v) is 7.02. The summed E-state index contributed by atoms with van der Waals surface area (Å²) in [5.41, 5.74) is 7.85. The Balaban J connectivity index is 1.55. The Hall–Kier alpha value is -3.37. The second-order valence-electron chi connectivity index (χ2n) is 7.02. The van der Waals surface area contributed by atoms with Crippen LogP contribution in [0, 0.1) is 12.8 Å². The molecule has 0 aliphatic heterocycles. The fraction of sp³-hybridized carbons (Fsp3) is 0.368.